The van der Waals surface area contributed by atoms with Gasteiger partial charge in [0, 0.05) is 18.9 Å². The number of nitrogens with zero attached hydrogens (tertiary/aromatic N) is 1. The topological polar surface area (TPSA) is 101 Å². The Hall–Kier alpha value is -0.800. The number of carboxylic acids is 1. The summed E-state index contributed by atoms with van der Waals surface area (Å²) in [6.07, 6.45) is 0.553. The molecule has 20 heavy (non-hydrogen) atoms. The number of ether oxygens (including phenoxy) is 1. The standard InChI is InChI=1S/C11H19NO6S2/c1-18-4-3-12(6-11(14)15)10(13)7-19-9-2-5-20(16,17)8-9/h9H,2-8H2,1H3,(H,14,15). The van der Waals surface area contributed by atoms with Crippen molar-refractivity contribution in [3.8, 4) is 0 Å². The van der Waals surface area contributed by atoms with Gasteiger partial charge in [0.2, 0.25) is 5.91 Å². The van der Waals surface area contributed by atoms with Crippen molar-refractivity contribution in [2.24, 2.45) is 0 Å². The van der Waals surface area contributed by atoms with Crippen LogP contribution in [-0.2, 0) is 24.2 Å². The van der Waals surface area contributed by atoms with Gasteiger partial charge in [-0.25, -0.2) is 8.42 Å². The molecule has 1 unspecified atom stereocenters. The lowest BCUT2D eigenvalue weighted by Crippen LogP contribution is -2.39. The Morgan fingerprint density at radius 2 is 2.15 bits per heavy atom. The van der Waals surface area contributed by atoms with E-state index in [1.807, 2.05) is 0 Å². The van der Waals surface area contributed by atoms with Crippen LogP contribution in [0.15, 0.2) is 0 Å². The third-order valence-electron chi connectivity index (χ3n) is 2.88. The van der Waals surface area contributed by atoms with Crippen LogP contribution in [0.5, 0.6) is 0 Å². The van der Waals surface area contributed by atoms with Crippen LogP contribution in [0.4, 0.5) is 0 Å². The van der Waals surface area contributed by atoms with Gasteiger partial charge in [-0.2, -0.15) is 0 Å². The van der Waals surface area contributed by atoms with Crippen molar-refractivity contribution in [3.63, 3.8) is 0 Å². The number of methoxy groups -OCH3 is 1. The van der Waals surface area contributed by atoms with Crippen LogP contribution in [0.3, 0.4) is 0 Å². The summed E-state index contributed by atoms with van der Waals surface area (Å²) in [6, 6.07) is 0. The number of thioether (sulfide) groups is 1. The molecule has 1 aliphatic rings. The molecule has 0 aromatic rings. The number of carbonyl (C=O) groups is 2. The van der Waals surface area contributed by atoms with E-state index in [0.29, 0.717) is 6.42 Å². The third-order valence-corrected chi connectivity index (χ3v) is 6.14. The molecule has 1 rings (SSSR count). The van der Waals surface area contributed by atoms with Gasteiger partial charge >= 0.3 is 5.97 Å². The van der Waals surface area contributed by atoms with E-state index >= 15 is 0 Å². The minimum Gasteiger partial charge on any atom is -0.480 e. The van der Waals surface area contributed by atoms with Gasteiger partial charge in [0.25, 0.3) is 0 Å². The summed E-state index contributed by atoms with van der Waals surface area (Å²) < 4.78 is 27.4. The third kappa shape index (κ3) is 6.10. The van der Waals surface area contributed by atoms with E-state index in [4.69, 9.17) is 9.84 Å². The molecule has 1 heterocycles. The molecule has 9 heteroatoms. The number of rotatable bonds is 8. The van der Waals surface area contributed by atoms with E-state index in [9.17, 15) is 18.0 Å². The maximum atomic E-state index is 11.9. The van der Waals surface area contributed by atoms with Crippen LogP contribution >= 0.6 is 11.8 Å². The first kappa shape index (κ1) is 17.3. The van der Waals surface area contributed by atoms with Crippen LogP contribution in [0.25, 0.3) is 0 Å². The highest BCUT2D eigenvalue weighted by Gasteiger charge is 2.29. The van der Waals surface area contributed by atoms with Crippen molar-refractivity contribution in [3.05, 3.63) is 0 Å². The summed E-state index contributed by atoms with van der Waals surface area (Å²) in [4.78, 5) is 23.9. The number of aliphatic carboxylic acids is 1. The summed E-state index contributed by atoms with van der Waals surface area (Å²) in [5.41, 5.74) is 0. The molecular formula is C11H19NO6S2. The summed E-state index contributed by atoms with van der Waals surface area (Å²) in [6.45, 7) is 0.109. The van der Waals surface area contributed by atoms with Gasteiger partial charge in [-0.1, -0.05) is 0 Å². The average Bonchev–Trinajstić information content (AvgIpc) is 2.70. The van der Waals surface area contributed by atoms with Crippen LogP contribution in [-0.4, -0.2) is 79.6 Å². The lowest BCUT2D eigenvalue weighted by molar-refractivity contribution is -0.143. The average molecular weight is 325 g/mol. The van der Waals surface area contributed by atoms with E-state index < -0.39 is 15.8 Å². The molecule has 0 radical (unpaired) electrons. The molecule has 0 spiro atoms. The minimum atomic E-state index is -2.96. The van der Waals surface area contributed by atoms with Crippen LogP contribution in [0.2, 0.25) is 0 Å². The predicted octanol–water partition coefficient (Wildman–Crippen LogP) is -0.534. The first-order valence-electron chi connectivity index (χ1n) is 6.14. The monoisotopic (exact) mass is 325 g/mol. The van der Waals surface area contributed by atoms with E-state index in [1.54, 1.807) is 0 Å². The van der Waals surface area contributed by atoms with Crippen molar-refractivity contribution in [1.82, 2.24) is 4.90 Å². The zero-order valence-corrected chi connectivity index (χ0v) is 12.9. The molecule has 0 bridgehead atoms. The summed E-state index contributed by atoms with van der Waals surface area (Å²) >= 11 is 1.28. The fourth-order valence-corrected chi connectivity index (χ4v) is 5.37. The number of carboxylic acid groups (broad SMARTS) is 1. The van der Waals surface area contributed by atoms with Crippen LogP contribution in [0.1, 0.15) is 6.42 Å². The molecule has 0 aromatic carbocycles. The van der Waals surface area contributed by atoms with Gasteiger partial charge in [-0.3, -0.25) is 9.59 Å². The second kappa shape index (κ2) is 7.84. The van der Waals surface area contributed by atoms with Gasteiger partial charge in [0.1, 0.15) is 6.54 Å². The minimum absolute atomic E-state index is 0.0712. The van der Waals surface area contributed by atoms with Gasteiger partial charge in [0.05, 0.1) is 23.9 Å². The Kier molecular flexibility index (Phi) is 6.77. The second-order valence-corrected chi connectivity index (χ2v) is 8.06. The van der Waals surface area contributed by atoms with E-state index in [2.05, 4.69) is 0 Å². The van der Waals surface area contributed by atoms with Crippen LogP contribution in [0, 0.1) is 0 Å². The molecule has 1 saturated heterocycles. The van der Waals surface area contributed by atoms with E-state index in [0.717, 1.165) is 0 Å². The predicted molar refractivity (Wildman–Crippen MR) is 75.6 cm³/mol. The highest BCUT2D eigenvalue weighted by atomic mass is 32.2. The lowest BCUT2D eigenvalue weighted by Gasteiger charge is -2.20. The Balaban J connectivity index is 2.43. The smallest absolute Gasteiger partial charge is 0.323 e. The zero-order chi connectivity index (χ0) is 15.2. The molecule has 0 saturated carbocycles. The van der Waals surface area contributed by atoms with Crippen molar-refractivity contribution >= 4 is 33.5 Å². The number of hydrogen-bond donors (Lipinski definition) is 1. The first-order valence-corrected chi connectivity index (χ1v) is 9.01. The zero-order valence-electron chi connectivity index (χ0n) is 11.3. The van der Waals surface area contributed by atoms with Gasteiger partial charge < -0.3 is 14.7 Å². The van der Waals surface area contributed by atoms with Gasteiger partial charge in [-0.15, -0.1) is 11.8 Å². The van der Waals surface area contributed by atoms with Crippen molar-refractivity contribution in [2.45, 2.75) is 11.7 Å². The number of sulfone groups is 1. The second-order valence-electron chi connectivity index (χ2n) is 4.54. The molecular weight excluding hydrogens is 306 g/mol. The molecule has 1 fully saturated rings. The Morgan fingerprint density at radius 1 is 1.45 bits per heavy atom. The summed E-state index contributed by atoms with van der Waals surface area (Å²) in [7, 11) is -1.48. The first-order chi connectivity index (χ1) is 9.34. The fourth-order valence-electron chi connectivity index (χ4n) is 1.83. The normalized spacial score (nSPS) is 20.8. The number of hydrogen-bond acceptors (Lipinski definition) is 6. The number of amides is 1. The van der Waals surface area contributed by atoms with Crippen molar-refractivity contribution < 1.29 is 27.9 Å². The molecule has 0 aromatic heterocycles. The summed E-state index contributed by atoms with van der Waals surface area (Å²) in [5, 5.41) is 8.69. The Labute approximate surface area is 122 Å². The van der Waals surface area contributed by atoms with Crippen LogP contribution < -0.4 is 0 Å². The highest BCUT2D eigenvalue weighted by Crippen LogP contribution is 2.24. The largest absolute Gasteiger partial charge is 0.480 e. The maximum absolute atomic E-state index is 11.9. The summed E-state index contributed by atoms with van der Waals surface area (Å²) in [5.74, 6) is -1.03. The molecule has 1 aliphatic heterocycles. The molecule has 1 N–H and O–H groups in total. The quantitative estimate of drug-likeness (QED) is 0.640. The fraction of sp³-hybridized carbons (Fsp3) is 0.818. The van der Waals surface area contributed by atoms with Gasteiger partial charge in [0.15, 0.2) is 9.84 Å². The molecule has 0 aliphatic carbocycles. The Morgan fingerprint density at radius 3 is 2.65 bits per heavy atom. The van der Waals surface area contributed by atoms with Crippen molar-refractivity contribution in [2.75, 3.05) is 44.1 Å². The molecule has 7 nitrogen and oxygen atoms in total. The molecule has 116 valence electrons. The van der Waals surface area contributed by atoms with Gasteiger partial charge in [-0.05, 0) is 6.42 Å². The number of carbonyl (C=O) groups excluding carboxylic acids is 1. The van der Waals surface area contributed by atoms with E-state index in [-0.39, 0.29) is 48.1 Å². The van der Waals surface area contributed by atoms with E-state index in [1.165, 1.54) is 23.8 Å². The lowest BCUT2D eigenvalue weighted by atomic mass is 10.4. The molecule has 1 atom stereocenters. The molecule has 1 amide bonds. The highest BCUT2D eigenvalue weighted by molar-refractivity contribution is 8.02. The maximum Gasteiger partial charge on any atom is 0.323 e. The SMILES string of the molecule is COCCN(CC(=O)O)C(=O)CSC1CCS(=O)(=O)C1. The van der Waals surface area contributed by atoms with Crippen molar-refractivity contribution in [1.29, 1.82) is 0 Å². The Bertz CT molecular complexity index is 450.